The SMILES string of the molecule is CNC(=O)N(C)C1CCN(CC#N)CC1. The Morgan fingerprint density at radius 1 is 1.60 bits per heavy atom. The van der Waals surface area contributed by atoms with Crippen LogP contribution < -0.4 is 5.32 Å². The first-order chi connectivity index (χ1) is 7.19. The van der Waals surface area contributed by atoms with Crippen LogP contribution in [0, 0.1) is 11.3 Å². The minimum atomic E-state index is -0.0336. The fraction of sp³-hybridized carbons (Fsp3) is 0.800. The third-order valence-corrected chi connectivity index (χ3v) is 2.93. The van der Waals surface area contributed by atoms with E-state index in [9.17, 15) is 4.79 Å². The van der Waals surface area contributed by atoms with Gasteiger partial charge in [0.15, 0.2) is 0 Å². The number of likely N-dealkylation sites (tertiary alicyclic amines) is 1. The summed E-state index contributed by atoms with van der Waals surface area (Å²) in [5, 5.41) is 11.2. The van der Waals surface area contributed by atoms with Gasteiger partial charge < -0.3 is 10.2 Å². The number of hydrogen-bond acceptors (Lipinski definition) is 3. The van der Waals surface area contributed by atoms with Gasteiger partial charge in [0.1, 0.15) is 0 Å². The van der Waals surface area contributed by atoms with E-state index in [1.807, 2.05) is 7.05 Å². The Bertz CT molecular complexity index is 253. The molecule has 1 saturated heterocycles. The van der Waals surface area contributed by atoms with Crippen LogP contribution in [-0.2, 0) is 0 Å². The molecule has 0 aromatic carbocycles. The summed E-state index contributed by atoms with van der Waals surface area (Å²) in [4.78, 5) is 15.2. The quantitative estimate of drug-likeness (QED) is 0.664. The van der Waals surface area contributed by atoms with Crippen molar-refractivity contribution in [1.29, 1.82) is 5.26 Å². The third-order valence-electron chi connectivity index (χ3n) is 2.93. The van der Waals surface area contributed by atoms with Gasteiger partial charge in [0.2, 0.25) is 0 Å². The topological polar surface area (TPSA) is 59.4 Å². The summed E-state index contributed by atoms with van der Waals surface area (Å²) in [5.41, 5.74) is 0. The molecule has 1 rings (SSSR count). The standard InChI is InChI=1S/C10H18N4O/c1-12-10(15)13(2)9-3-6-14(7-4-9)8-5-11/h9H,3-4,6-8H2,1-2H3,(H,12,15). The first-order valence-corrected chi connectivity index (χ1v) is 5.23. The average Bonchev–Trinajstić information content (AvgIpc) is 2.28. The third kappa shape index (κ3) is 3.10. The maximum absolute atomic E-state index is 11.4. The van der Waals surface area contributed by atoms with Crippen LogP contribution in [0.5, 0.6) is 0 Å². The predicted molar refractivity (Wildman–Crippen MR) is 57.3 cm³/mol. The van der Waals surface area contributed by atoms with Gasteiger partial charge in [-0.2, -0.15) is 5.26 Å². The highest BCUT2D eigenvalue weighted by Crippen LogP contribution is 2.14. The molecule has 5 nitrogen and oxygen atoms in total. The second-order valence-corrected chi connectivity index (χ2v) is 3.83. The number of carbonyl (C=O) groups excluding carboxylic acids is 1. The maximum Gasteiger partial charge on any atom is 0.317 e. The van der Waals surface area contributed by atoms with Crippen molar-refractivity contribution in [1.82, 2.24) is 15.1 Å². The Morgan fingerprint density at radius 3 is 2.67 bits per heavy atom. The predicted octanol–water partition coefficient (Wildman–Crippen LogP) is 0.246. The second kappa shape index (κ2) is 5.56. The smallest absolute Gasteiger partial charge is 0.317 e. The Morgan fingerprint density at radius 2 is 2.20 bits per heavy atom. The Balaban J connectivity index is 2.37. The number of rotatable bonds is 2. The molecule has 1 aliphatic rings. The van der Waals surface area contributed by atoms with Gasteiger partial charge in [-0.15, -0.1) is 0 Å². The normalized spacial score (nSPS) is 18.2. The van der Waals surface area contributed by atoms with Crippen molar-refractivity contribution in [2.24, 2.45) is 0 Å². The summed E-state index contributed by atoms with van der Waals surface area (Å²) in [5.74, 6) is 0. The van der Waals surface area contributed by atoms with Crippen molar-refractivity contribution < 1.29 is 4.79 Å². The van der Waals surface area contributed by atoms with E-state index in [2.05, 4.69) is 16.3 Å². The highest BCUT2D eigenvalue weighted by Gasteiger charge is 2.24. The van der Waals surface area contributed by atoms with E-state index in [1.165, 1.54) is 0 Å². The molecule has 0 atom stereocenters. The zero-order chi connectivity index (χ0) is 11.3. The fourth-order valence-electron chi connectivity index (χ4n) is 1.91. The van der Waals surface area contributed by atoms with Crippen molar-refractivity contribution in [3.05, 3.63) is 0 Å². The Kier molecular flexibility index (Phi) is 4.37. The number of nitriles is 1. The van der Waals surface area contributed by atoms with Crippen molar-refractivity contribution in [2.75, 3.05) is 33.7 Å². The molecule has 84 valence electrons. The molecule has 1 aliphatic heterocycles. The minimum Gasteiger partial charge on any atom is -0.341 e. The zero-order valence-corrected chi connectivity index (χ0v) is 9.36. The highest BCUT2D eigenvalue weighted by atomic mass is 16.2. The Labute approximate surface area is 90.6 Å². The lowest BCUT2D eigenvalue weighted by Gasteiger charge is -2.35. The molecular formula is C10H18N4O. The van der Waals surface area contributed by atoms with Gasteiger partial charge in [-0.3, -0.25) is 4.90 Å². The summed E-state index contributed by atoms with van der Waals surface area (Å²) >= 11 is 0. The van der Waals surface area contributed by atoms with Crippen molar-refractivity contribution in [2.45, 2.75) is 18.9 Å². The van der Waals surface area contributed by atoms with E-state index in [0.29, 0.717) is 12.6 Å². The monoisotopic (exact) mass is 210 g/mol. The number of hydrogen-bond donors (Lipinski definition) is 1. The molecule has 0 spiro atoms. The van der Waals surface area contributed by atoms with Crippen LogP contribution in [0.4, 0.5) is 4.79 Å². The van der Waals surface area contributed by atoms with Crippen LogP contribution in [-0.4, -0.2) is 55.6 Å². The fourth-order valence-corrected chi connectivity index (χ4v) is 1.91. The van der Waals surface area contributed by atoms with Gasteiger partial charge in [-0.25, -0.2) is 4.79 Å². The van der Waals surface area contributed by atoms with Gasteiger partial charge in [-0.1, -0.05) is 0 Å². The van der Waals surface area contributed by atoms with Crippen molar-refractivity contribution in [3.8, 4) is 6.07 Å². The van der Waals surface area contributed by atoms with E-state index in [-0.39, 0.29) is 6.03 Å². The lowest BCUT2D eigenvalue weighted by molar-refractivity contribution is 0.143. The van der Waals surface area contributed by atoms with Crippen LogP contribution in [0.3, 0.4) is 0 Å². The molecule has 15 heavy (non-hydrogen) atoms. The van der Waals surface area contributed by atoms with E-state index < -0.39 is 0 Å². The number of nitrogens with zero attached hydrogens (tertiary/aromatic N) is 3. The van der Waals surface area contributed by atoms with E-state index in [0.717, 1.165) is 25.9 Å². The lowest BCUT2D eigenvalue weighted by atomic mass is 10.0. The van der Waals surface area contributed by atoms with Crippen molar-refractivity contribution >= 4 is 6.03 Å². The molecule has 0 saturated carbocycles. The van der Waals surface area contributed by atoms with Crippen molar-refractivity contribution in [3.63, 3.8) is 0 Å². The summed E-state index contributed by atoms with van der Waals surface area (Å²) in [7, 11) is 3.47. The molecule has 1 fully saturated rings. The average molecular weight is 210 g/mol. The number of amides is 2. The highest BCUT2D eigenvalue weighted by molar-refractivity contribution is 5.73. The molecule has 0 aromatic heterocycles. The minimum absolute atomic E-state index is 0.0336. The van der Waals surface area contributed by atoms with Crippen LogP contribution in [0.15, 0.2) is 0 Å². The first-order valence-electron chi connectivity index (χ1n) is 5.23. The van der Waals surface area contributed by atoms with Crippen LogP contribution in [0.1, 0.15) is 12.8 Å². The maximum atomic E-state index is 11.4. The zero-order valence-electron chi connectivity index (χ0n) is 9.36. The van der Waals surface area contributed by atoms with Crippen LogP contribution >= 0.6 is 0 Å². The van der Waals surface area contributed by atoms with E-state index in [1.54, 1.807) is 11.9 Å². The van der Waals surface area contributed by atoms with Gasteiger partial charge >= 0.3 is 6.03 Å². The summed E-state index contributed by atoms with van der Waals surface area (Å²) in [6.45, 7) is 2.30. The molecule has 0 aromatic rings. The van der Waals surface area contributed by atoms with E-state index >= 15 is 0 Å². The molecular weight excluding hydrogens is 192 g/mol. The summed E-state index contributed by atoms with van der Waals surface area (Å²) in [6, 6.07) is 2.42. The number of carbonyl (C=O) groups is 1. The van der Waals surface area contributed by atoms with Crippen LogP contribution in [0.2, 0.25) is 0 Å². The molecule has 1 heterocycles. The number of nitrogens with one attached hydrogen (secondary N) is 1. The van der Waals surface area contributed by atoms with Gasteiger partial charge in [-0.05, 0) is 12.8 Å². The number of piperidine rings is 1. The number of urea groups is 1. The lowest BCUT2D eigenvalue weighted by Crippen LogP contribution is -2.48. The largest absolute Gasteiger partial charge is 0.341 e. The molecule has 1 N–H and O–H groups in total. The Hall–Kier alpha value is -1.28. The molecule has 2 amide bonds. The van der Waals surface area contributed by atoms with Gasteiger partial charge in [0.25, 0.3) is 0 Å². The molecule has 0 unspecified atom stereocenters. The summed E-state index contributed by atoms with van der Waals surface area (Å²) in [6.07, 6.45) is 1.90. The molecule has 0 radical (unpaired) electrons. The summed E-state index contributed by atoms with van der Waals surface area (Å²) < 4.78 is 0. The molecule has 5 heteroatoms. The molecule has 0 bridgehead atoms. The first kappa shape index (κ1) is 11.8. The molecule has 0 aliphatic carbocycles. The van der Waals surface area contributed by atoms with Crippen LogP contribution in [0.25, 0.3) is 0 Å². The van der Waals surface area contributed by atoms with Gasteiger partial charge in [0.05, 0.1) is 12.6 Å². The second-order valence-electron chi connectivity index (χ2n) is 3.83. The van der Waals surface area contributed by atoms with Gasteiger partial charge in [0, 0.05) is 33.2 Å². The van der Waals surface area contributed by atoms with E-state index in [4.69, 9.17) is 5.26 Å².